The van der Waals surface area contributed by atoms with Gasteiger partial charge in [-0.05, 0) is 25.0 Å². The van der Waals surface area contributed by atoms with Gasteiger partial charge in [-0.3, -0.25) is 5.10 Å². The van der Waals surface area contributed by atoms with Crippen LogP contribution in [0.3, 0.4) is 0 Å². The van der Waals surface area contributed by atoms with Crippen LogP contribution in [-0.4, -0.2) is 35.7 Å². The van der Waals surface area contributed by atoms with E-state index in [-0.39, 0.29) is 16.8 Å². The van der Waals surface area contributed by atoms with Crippen LogP contribution < -0.4 is 10.5 Å². The van der Waals surface area contributed by atoms with Crippen molar-refractivity contribution in [1.82, 2.24) is 14.9 Å². The highest BCUT2D eigenvalue weighted by Crippen LogP contribution is 2.30. The minimum Gasteiger partial charge on any atom is -0.383 e. The third-order valence-electron chi connectivity index (χ3n) is 3.03. The minimum absolute atomic E-state index is 0.00773. The average molecular weight is 290 g/mol. The van der Waals surface area contributed by atoms with Gasteiger partial charge in [0.05, 0.1) is 6.20 Å². The summed E-state index contributed by atoms with van der Waals surface area (Å²) in [5.41, 5.74) is 5.53. The Labute approximate surface area is 111 Å². The number of aromatic amines is 1. The Balaban J connectivity index is 2.00. The Morgan fingerprint density at radius 1 is 1.61 bits per heavy atom. The molecule has 102 valence electrons. The van der Waals surface area contributed by atoms with Crippen LogP contribution in [0.1, 0.15) is 26.2 Å². The summed E-state index contributed by atoms with van der Waals surface area (Å²) < 4.78 is 26.9. The van der Waals surface area contributed by atoms with Gasteiger partial charge in [0.2, 0.25) is 10.0 Å². The van der Waals surface area contributed by atoms with Gasteiger partial charge < -0.3 is 5.73 Å². The summed E-state index contributed by atoms with van der Waals surface area (Å²) in [5.74, 6) is 1.15. The molecule has 0 saturated heterocycles. The zero-order valence-electron chi connectivity index (χ0n) is 10.2. The number of hydrogen-bond acceptors (Lipinski definition) is 5. The minimum atomic E-state index is -3.55. The maximum atomic E-state index is 12.1. The maximum Gasteiger partial charge on any atom is 0.246 e. The van der Waals surface area contributed by atoms with Gasteiger partial charge in [0.15, 0.2) is 0 Å². The normalized spacial score (nSPS) is 24.5. The molecule has 0 aliphatic heterocycles. The van der Waals surface area contributed by atoms with Crippen molar-refractivity contribution in [2.45, 2.75) is 42.4 Å². The molecule has 1 saturated carbocycles. The van der Waals surface area contributed by atoms with Crippen LogP contribution in [0.15, 0.2) is 11.1 Å². The number of rotatable bonds is 5. The molecule has 8 heteroatoms. The second-order valence-corrected chi connectivity index (χ2v) is 7.62. The van der Waals surface area contributed by atoms with Gasteiger partial charge in [-0.2, -0.15) is 16.9 Å². The lowest BCUT2D eigenvalue weighted by Crippen LogP contribution is -2.33. The molecule has 1 aliphatic carbocycles. The Hall–Kier alpha value is -0.730. The Morgan fingerprint density at radius 3 is 3.00 bits per heavy atom. The molecule has 0 spiro atoms. The second-order valence-electron chi connectivity index (χ2n) is 4.36. The van der Waals surface area contributed by atoms with Crippen molar-refractivity contribution < 1.29 is 8.42 Å². The first-order chi connectivity index (χ1) is 8.53. The molecule has 0 aromatic carbocycles. The number of nitrogen functional groups attached to an aromatic ring is 1. The van der Waals surface area contributed by atoms with E-state index in [4.69, 9.17) is 5.73 Å². The molecule has 0 bridgehead atoms. The lowest BCUT2D eigenvalue weighted by atomic mass is 10.3. The fourth-order valence-corrected chi connectivity index (χ4v) is 4.67. The quantitative estimate of drug-likeness (QED) is 0.749. The Bertz CT molecular complexity index is 500. The number of hydrogen-bond donors (Lipinski definition) is 3. The smallest absolute Gasteiger partial charge is 0.246 e. The fraction of sp³-hybridized carbons (Fsp3) is 0.700. The van der Waals surface area contributed by atoms with E-state index in [1.165, 1.54) is 6.20 Å². The number of nitrogens with two attached hydrogens (primary N) is 1. The summed E-state index contributed by atoms with van der Waals surface area (Å²) in [6.45, 7) is 2.12. The van der Waals surface area contributed by atoms with E-state index in [9.17, 15) is 8.42 Å². The van der Waals surface area contributed by atoms with Crippen LogP contribution in [0, 0.1) is 0 Å². The van der Waals surface area contributed by atoms with Crippen molar-refractivity contribution in [3.05, 3.63) is 6.20 Å². The molecular formula is C10H18N4O2S2. The van der Waals surface area contributed by atoms with Crippen molar-refractivity contribution in [3.8, 4) is 0 Å². The lowest BCUT2D eigenvalue weighted by Gasteiger charge is -2.12. The summed E-state index contributed by atoms with van der Waals surface area (Å²) in [6, 6.07) is 0.00773. The van der Waals surface area contributed by atoms with Crippen LogP contribution in [0.2, 0.25) is 0 Å². The highest BCUT2D eigenvalue weighted by atomic mass is 32.2. The Morgan fingerprint density at radius 2 is 2.39 bits per heavy atom. The Kier molecular flexibility index (Phi) is 4.18. The molecule has 2 rings (SSSR count). The molecule has 18 heavy (non-hydrogen) atoms. The molecule has 0 amide bonds. The number of aromatic nitrogens is 2. The molecular weight excluding hydrogens is 272 g/mol. The first kappa shape index (κ1) is 13.7. The van der Waals surface area contributed by atoms with Crippen LogP contribution in [0.5, 0.6) is 0 Å². The number of nitrogens with one attached hydrogen (secondary N) is 2. The fourth-order valence-electron chi connectivity index (χ4n) is 2.22. The molecule has 1 aromatic rings. The van der Waals surface area contributed by atoms with Crippen molar-refractivity contribution in [2.75, 3.05) is 11.5 Å². The number of nitrogens with zero attached hydrogens (tertiary/aromatic N) is 1. The highest BCUT2D eigenvalue weighted by molar-refractivity contribution is 7.99. The van der Waals surface area contributed by atoms with E-state index in [0.29, 0.717) is 5.25 Å². The molecule has 1 fully saturated rings. The van der Waals surface area contributed by atoms with Gasteiger partial charge in [-0.25, -0.2) is 13.1 Å². The lowest BCUT2D eigenvalue weighted by molar-refractivity contribution is 0.553. The van der Waals surface area contributed by atoms with Gasteiger partial charge in [0, 0.05) is 11.3 Å². The van der Waals surface area contributed by atoms with Crippen LogP contribution in [0.25, 0.3) is 0 Å². The molecule has 2 atom stereocenters. The summed E-state index contributed by atoms with van der Waals surface area (Å²) in [6.07, 6.45) is 4.07. The predicted octanol–water partition coefficient (Wildman–Crippen LogP) is 0.944. The third-order valence-corrected chi connectivity index (χ3v) is 5.81. The van der Waals surface area contributed by atoms with Crippen molar-refractivity contribution in [1.29, 1.82) is 0 Å². The van der Waals surface area contributed by atoms with Crippen molar-refractivity contribution in [3.63, 3.8) is 0 Å². The van der Waals surface area contributed by atoms with E-state index in [0.717, 1.165) is 25.0 Å². The zero-order valence-corrected chi connectivity index (χ0v) is 11.9. The number of anilines is 1. The topological polar surface area (TPSA) is 101 Å². The van der Waals surface area contributed by atoms with E-state index in [1.807, 2.05) is 11.8 Å². The van der Waals surface area contributed by atoms with E-state index < -0.39 is 10.0 Å². The van der Waals surface area contributed by atoms with Gasteiger partial charge >= 0.3 is 0 Å². The molecule has 2 unspecified atom stereocenters. The van der Waals surface area contributed by atoms with E-state index in [2.05, 4.69) is 21.8 Å². The SMILES string of the molecule is CCSC1CCC(NS(=O)(=O)c2cn[nH]c2N)C1. The molecule has 1 aromatic heterocycles. The molecule has 1 aliphatic rings. The predicted molar refractivity (Wildman–Crippen MR) is 72.9 cm³/mol. The van der Waals surface area contributed by atoms with Gasteiger partial charge in [0.25, 0.3) is 0 Å². The third kappa shape index (κ3) is 2.99. The average Bonchev–Trinajstić information content (AvgIpc) is 2.88. The summed E-state index contributed by atoms with van der Waals surface area (Å²) in [7, 11) is -3.55. The van der Waals surface area contributed by atoms with Crippen molar-refractivity contribution >= 4 is 27.6 Å². The summed E-state index contributed by atoms with van der Waals surface area (Å²) >= 11 is 1.89. The van der Waals surface area contributed by atoms with E-state index in [1.54, 1.807) is 0 Å². The largest absolute Gasteiger partial charge is 0.383 e. The van der Waals surface area contributed by atoms with Crippen molar-refractivity contribution in [2.24, 2.45) is 0 Å². The first-order valence-corrected chi connectivity index (χ1v) is 8.49. The highest BCUT2D eigenvalue weighted by Gasteiger charge is 2.29. The van der Waals surface area contributed by atoms with Crippen LogP contribution in [-0.2, 0) is 10.0 Å². The number of thioether (sulfide) groups is 1. The van der Waals surface area contributed by atoms with E-state index >= 15 is 0 Å². The summed E-state index contributed by atoms with van der Waals surface area (Å²) in [4.78, 5) is 0.0362. The van der Waals surface area contributed by atoms with Gasteiger partial charge in [-0.1, -0.05) is 6.92 Å². The zero-order chi connectivity index (χ0) is 13.2. The molecule has 4 N–H and O–H groups in total. The molecule has 0 radical (unpaired) electrons. The monoisotopic (exact) mass is 290 g/mol. The molecule has 1 heterocycles. The second kappa shape index (κ2) is 5.50. The molecule has 6 nitrogen and oxygen atoms in total. The maximum absolute atomic E-state index is 12.1. The van der Waals surface area contributed by atoms with Crippen LogP contribution in [0.4, 0.5) is 5.82 Å². The van der Waals surface area contributed by atoms with Gasteiger partial charge in [0.1, 0.15) is 10.7 Å². The standard InChI is InChI=1S/C10H18N4O2S2/c1-2-17-8-4-3-7(5-8)14-18(15,16)9-6-12-13-10(9)11/h6-8,14H,2-5H2,1H3,(H3,11,12,13). The summed E-state index contributed by atoms with van der Waals surface area (Å²) in [5, 5.41) is 6.63. The first-order valence-electron chi connectivity index (χ1n) is 5.95. The number of H-pyrrole nitrogens is 1. The van der Waals surface area contributed by atoms with Gasteiger partial charge in [-0.15, -0.1) is 0 Å². The van der Waals surface area contributed by atoms with Crippen LogP contribution >= 0.6 is 11.8 Å². The number of sulfonamides is 1.